The normalized spacial score (nSPS) is 20.3. The molecule has 1 aromatic rings. The summed E-state index contributed by atoms with van der Waals surface area (Å²) < 4.78 is 36.7. The summed E-state index contributed by atoms with van der Waals surface area (Å²) in [6, 6.07) is 4.88. The Morgan fingerprint density at radius 1 is 1.27 bits per heavy atom. The van der Waals surface area contributed by atoms with Crippen molar-refractivity contribution in [2.75, 3.05) is 0 Å². The van der Waals surface area contributed by atoms with Gasteiger partial charge in [0.25, 0.3) is 0 Å². The zero-order chi connectivity index (χ0) is 10.9. The van der Waals surface area contributed by atoms with Crippen molar-refractivity contribution >= 4 is 6.21 Å². The highest BCUT2D eigenvalue weighted by Crippen LogP contribution is 2.31. The molecule has 1 aliphatic rings. The highest BCUT2D eigenvalue weighted by molar-refractivity contribution is 5.59. The van der Waals surface area contributed by atoms with E-state index in [1.165, 1.54) is 12.1 Å². The summed E-state index contributed by atoms with van der Waals surface area (Å²) in [4.78, 5) is 4.90. The van der Waals surface area contributed by atoms with Crippen LogP contribution in [0.25, 0.3) is 0 Å². The second-order valence-corrected chi connectivity index (χ2v) is 3.17. The van der Waals surface area contributed by atoms with Crippen molar-refractivity contribution in [3.8, 4) is 0 Å². The number of alkyl halides is 3. The third-order valence-corrected chi connectivity index (χ3v) is 2.13. The van der Waals surface area contributed by atoms with Gasteiger partial charge in [0, 0.05) is 6.42 Å². The largest absolute Gasteiger partial charge is 0.416 e. The Bertz CT molecular complexity index is 361. The fourth-order valence-electron chi connectivity index (χ4n) is 1.32. The van der Waals surface area contributed by atoms with E-state index in [2.05, 4.69) is 11.4 Å². The molecule has 2 rings (SSSR count). The molecule has 0 N–H and O–H groups in total. The van der Waals surface area contributed by atoms with Crippen LogP contribution in [0, 0.1) is 0 Å². The first kappa shape index (κ1) is 10.0. The minimum absolute atomic E-state index is 0.299. The fourth-order valence-corrected chi connectivity index (χ4v) is 1.32. The van der Waals surface area contributed by atoms with Crippen molar-refractivity contribution in [1.29, 1.82) is 0 Å². The van der Waals surface area contributed by atoms with Gasteiger partial charge >= 0.3 is 6.18 Å². The molecule has 0 aromatic heterocycles. The number of benzene rings is 1. The van der Waals surface area contributed by atoms with Crippen molar-refractivity contribution in [2.45, 2.75) is 18.7 Å². The lowest BCUT2D eigenvalue weighted by molar-refractivity contribution is -0.137. The standard InChI is InChI=1S/C10H7F3NO/c11-10(12,13)8-3-1-7(2-4-8)9-5-6-14-15-9/h1-4,9H,5H2. The van der Waals surface area contributed by atoms with Gasteiger partial charge in [0.15, 0.2) is 6.10 Å². The van der Waals surface area contributed by atoms with E-state index in [9.17, 15) is 13.2 Å². The minimum Gasteiger partial charge on any atom is -0.387 e. The first-order valence-corrected chi connectivity index (χ1v) is 4.33. The van der Waals surface area contributed by atoms with Crippen molar-refractivity contribution in [1.82, 2.24) is 0 Å². The number of hydrogen-bond donors (Lipinski definition) is 0. The van der Waals surface area contributed by atoms with E-state index in [1.807, 2.05) is 0 Å². The van der Waals surface area contributed by atoms with E-state index in [4.69, 9.17) is 4.84 Å². The topological polar surface area (TPSA) is 21.6 Å². The van der Waals surface area contributed by atoms with E-state index in [1.54, 1.807) is 0 Å². The van der Waals surface area contributed by atoms with Gasteiger partial charge < -0.3 is 4.84 Å². The van der Waals surface area contributed by atoms with E-state index in [-0.39, 0.29) is 6.10 Å². The monoisotopic (exact) mass is 214 g/mol. The molecule has 0 spiro atoms. The summed E-state index contributed by atoms with van der Waals surface area (Å²) in [5.74, 6) is 0. The van der Waals surface area contributed by atoms with Crippen molar-refractivity contribution in [2.24, 2.45) is 5.16 Å². The van der Waals surface area contributed by atoms with Crippen molar-refractivity contribution in [3.63, 3.8) is 0 Å². The van der Waals surface area contributed by atoms with Gasteiger partial charge in [-0.1, -0.05) is 17.3 Å². The van der Waals surface area contributed by atoms with Crippen molar-refractivity contribution < 1.29 is 18.0 Å². The van der Waals surface area contributed by atoms with Crippen LogP contribution < -0.4 is 0 Å². The predicted molar refractivity (Wildman–Crippen MR) is 47.3 cm³/mol. The number of hydrogen-bond acceptors (Lipinski definition) is 2. The molecule has 0 fully saturated rings. The van der Waals surface area contributed by atoms with Gasteiger partial charge in [-0.15, -0.1) is 0 Å². The quantitative estimate of drug-likeness (QED) is 0.704. The maximum Gasteiger partial charge on any atom is 0.416 e. The van der Waals surface area contributed by atoms with Crippen LogP contribution in [0.2, 0.25) is 0 Å². The molecular weight excluding hydrogens is 207 g/mol. The SMILES string of the molecule is FC(F)(F)c1ccc(C2C[C]=NO2)cc1. The molecule has 1 atom stereocenters. The van der Waals surface area contributed by atoms with E-state index in [0.717, 1.165) is 12.1 Å². The molecule has 0 amide bonds. The Kier molecular flexibility index (Phi) is 2.38. The minimum atomic E-state index is -4.29. The maximum absolute atomic E-state index is 12.2. The van der Waals surface area contributed by atoms with Crippen LogP contribution in [0.4, 0.5) is 13.2 Å². The van der Waals surface area contributed by atoms with Gasteiger partial charge in [-0.2, -0.15) is 13.2 Å². The molecule has 5 heteroatoms. The Morgan fingerprint density at radius 2 is 1.93 bits per heavy atom. The van der Waals surface area contributed by atoms with Crippen LogP contribution in [-0.4, -0.2) is 6.21 Å². The van der Waals surface area contributed by atoms with Gasteiger partial charge in [-0.05, 0) is 17.7 Å². The molecule has 1 heterocycles. The molecule has 0 bridgehead atoms. The lowest BCUT2D eigenvalue weighted by Gasteiger charge is -2.10. The third-order valence-electron chi connectivity index (χ3n) is 2.13. The molecule has 1 aromatic carbocycles. The van der Waals surface area contributed by atoms with Crippen LogP contribution >= 0.6 is 0 Å². The second-order valence-electron chi connectivity index (χ2n) is 3.17. The highest BCUT2D eigenvalue weighted by atomic mass is 19.4. The predicted octanol–water partition coefficient (Wildman–Crippen LogP) is 3.03. The van der Waals surface area contributed by atoms with E-state index >= 15 is 0 Å². The first-order chi connectivity index (χ1) is 7.07. The summed E-state index contributed by atoms with van der Waals surface area (Å²) in [7, 11) is 0. The fraction of sp³-hybridized carbons (Fsp3) is 0.300. The second kappa shape index (κ2) is 3.56. The van der Waals surface area contributed by atoms with E-state index < -0.39 is 11.7 Å². The van der Waals surface area contributed by atoms with Gasteiger partial charge in [0.2, 0.25) is 0 Å². The average Bonchev–Trinajstić information content (AvgIpc) is 2.69. The summed E-state index contributed by atoms with van der Waals surface area (Å²) >= 11 is 0. The van der Waals surface area contributed by atoms with Crippen LogP contribution in [0.1, 0.15) is 23.7 Å². The zero-order valence-electron chi connectivity index (χ0n) is 7.58. The molecule has 2 nitrogen and oxygen atoms in total. The molecule has 15 heavy (non-hydrogen) atoms. The zero-order valence-corrected chi connectivity index (χ0v) is 7.58. The van der Waals surface area contributed by atoms with Crippen LogP contribution in [0.3, 0.4) is 0 Å². The smallest absolute Gasteiger partial charge is 0.387 e. The van der Waals surface area contributed by atoms with Gasteiger partial charge in [-0.3, -0.25) is 0 Å². The lowest BCUT2D eigenvalue weighted by Crippen LogP contribution is -2.05. The average molecular weight is 214 g/mol. The van der Waals surface area contributed by atoms with Crippen LogP contribution in [0.5, 0.6) is 0 Å². The summed E-state index contributed by atoms with van der Waals surface area (Å²) in [5, 5.41) is 3.44. The van der Waals surface area contributed by atoms with Gasteiger partial charge in [0.1, 0.15) is 6.21 Å². The molecule has 1 radical (unpaired) electrons. The summed E-state index contributed by atoms with van der Waals surface area (Å²) in [6.07, 6.45) is -1.52. The van der Waals surface area contributed by atoms with Gasteiger partial charge in [0.05, 0.1) is 5.56 Å². The molecule has 0 saturated carbocycles. The Balaban J connectivity index is 2.17. The molecule has 79 valence electrons. The van der Waals surface area contributed by atoms with Crippen LogP contribution in [0.15, 0.2) is 29.4 Å². The van der Waals surface area contributed by atoms with E-state index in [0.29, 0.717) is 12.0 Å². The number of halogens is 3. The molecular formula is C10H7F3NO. The maximum atomic E-state index is 12.2. The Labute approximate surface area is 84.3 Å². The lowest BCUT2D eigenvalue weighted by atomic mass is 10.1. The number of nitrogens with zero attached hydrogens (tertiary/aromatic N) is 1. The Hall–Kier alpha value is -1.52. The molecule has 1 unspecified atom stereocenters. The third kappa shape index (κ3) is 2.11. The first-order valence-electron chi connectivity index (χ1n) is 4.33. The molecule has 0 aliphatic carbocycles. The Morgan fingerprint density at radius 3 is 2.40 bits per heavy atom. The molecule has 0 saturated heterocycles. The van der Waals surface area contributed by atoms with Gasteiger partial charge in [-0.25, -0.2) is 0 Å². The molecule has 1 aliphatic heterocycles. The summed E-state index contributed by atoms with van der Waals surface area (Å²) in [5.41, 5.74) is 0.0193. The van der Waals surface area contributed by atoms with Crippen molar-refractivity contribution in [3.05, 3.63) is 35.4 Å². The van der Waals surface area contributed by atoms with Crippen LogP contribution in [-0.2, 0) is 11.0 Å². The highest BCUT2D eigenvalue weighted by Gasteiger charge is 2.30. The summed E-state index contributed by atoms with van der Waals surface area (Å²) in [6.45, 7) is 0. The number of rotatable bonds is 1.